The van der Waals surface area contributed by atoms with E-state index < -0.39 is 0 Å². The second kappa shape index (κ2) is 6.68. The fourth-order valence-corrected chi connectivity index (χ4v) is 2.83. The molecule has 0 heterocycles. The molecule has 0 amide bonds. The van der Waals surface area contributed by atoms with E-state index in [2.05, 4.69) is 18.0 Å². The van der Waals surface area contributed by atoms with Gasteiger partial charge in [-0.2, -0.15) is 5.26 Å². The van der Waals surface area contributed by atoms with Crippen LogP contribution in [0.3, 0.4) is 0 Å². The van der Waals surface area contributed by atoms with Gasteiger partial charge in [0.1, 0.15) is 5.82 Å². The van der Waals surface area contributed by atoms with Crippen molar-refractivity contribution in [2.75, 3.05) is 13.6 Å². The normalized spacial score (nSPS) is 23.3. The van der Waals surface area contributed by atoms with Crippen molar-refractivity contribution in [2.24, 2.45) is 5.92 Å². The molecule has 0 spiro atoms. The number of halogens is 1. The molecule has 0 unspecified atom stereocenters. The van der Waals surface area contributed by atoms with Gasteiger partial charge in [0.2, 0.25) is 0 Å². The van der Waals surface area contributed by atoms with E-state index in [9.17, 15) is 4.39 Å². The van der Waals surface area contributed by atoms with Crippen molar-refractivity contribution in [3.8, 4) is 6.07 Å². The lowest BCUT2D eigenvalue weighted by Gasteiger charge is -2.32. The SMILES string of the molecule is CN(CCc1ccccc1F)C1CCC(C#N)CC1. The quantitative estimate of drug-likeness (QED) is 0.829. The summed E-state index contributed by atoms with van der Waals surface area (Å²) in [6.45, 7) is 0.878. The second-order valence-electron chi connectivity index (χ2n) is 5.46. The highest BCUT2D eigenvalue weighted by atomic mass is 19.1. The molecule has 0 bridgehead atoms. The van der Waals surface area contributed by atoms with Crippen LogP contribution in [0.25, 0.3) is 0 Å². The second-order valence-corrected chi connectivity index (χ2v) is 5.46. The Labute approximate surface area is 114 Å². The molecular formula is C16H21FN2. The first-order valence-corrected chi connectivity index (χ1v) is 7.04. The van der Waals surface area contributed by atoms with Crippen LogP contribution in [0.2, 0.25) is 0 Å². The Kier molecular flexibility index (Phi) is 4.93. The third kappa shape index (κ3) is 3.78. The summed E-state index contributed by atoms with van der Waals surface area (Å²) in [5, 5.41) is 8.89. The van der Waals surface area contributed by atoms with E-state index in [0.29, 0.717) is 6.04 Å². The summed E-state index contributed by atoms with van der Waals surface area (Å²) in [5.41, 5.74) is 0.792. The molecule has 2 rings (SSSR count). The maximum absolute atomic E-state index is 13.5. The van der Waals surface area contributed by atoms with Gasteiger partial charge in [0.05, 0.1) is 6.07 Å². The fraction of sp³-hybridized carbons (Fsp3) is 0.562. The van der Waals surface area contributed by atoms with Crippen molar-refractivity contribution in [1.82, 2.24) is 4.90 Å². The largest absolute Gasteiger partial charge is 0.303 e. The molecule has 1 aromatic rings. The van der Waals surface area contributed by atoms with E-state index in [1.165, 1.54) is 6.07 Å². The number of nitrogens with zero attached hydrogens (tertiary/aromatic N) is 2. The smallest absolute Gasteiger partial charge is 0.126 e. The zero-order chi connectivity index (χ0) is 13.7. The molecule has 0 radical (unpaired) electrons. The third-order valence-electron chi connectivity index (χ3n) is 4.19. The van der Waals surface area contributed by atoms with Crippen LogP contribution in [0, 0.1) is 23.1 Å². The lowest BCUT2D eigenvalue weighted by molar-refractivity contribution is 0.180. The number of rotatable bonds is 4. The number of nitriles is 1. The lowest BCUT2D eigenvalue weighted by atomic mass is 9.86. The van der Waals surface area contributed by atoms with E-state index in [0.717, 1.165) is 44.2 Å². The summed E-state index contributed by atoms with van der Waals surface area (Å²) in [6.07, 6.45) is 4.94. The highest BCUT2D eigenvalue weighted by molar-refractivity contribution is 5.17. The Balaban J connectivity index is 1.81. The van der Waals surface area contributed by atoms with Crippen molar-refractivity contribution >= 4 is 0 Å². The van der Waals surface area contributed by atoms with Gasteiger partial charge in [0, 0.05) is 18.5 Å². The summed E-state index contributed by atoms with van der Waals surface area (Å²) in [7, 11) is 2.11. The molecule has 1 aliphatic carbocycles. The highest BCUT2D eigenvalue weighted by Crippen LogP contribution is 2.26. The van der Waals surface area contributed by atoms with E-state index in [4.69, 9.17) is 5.26 Å². The first-order valence-electron chi connectivity index (χ1n) is 7.04. The summed E-state index contributed by atoms with van der Waals surface area (Å²) in [5.74, 6) is 0.139. The van der Waals surface area contributed by atoms with Crippen LogP contribution in [0.15, 0.2) is 24.3 Å². The summed E-state index contributed by atoms with van der Waals surface area (Å²) in [4.78, 5) is 2.32. The Hall–Kier alpha value is -1.40. The van der Waals surface area contributed by atoms with Crippen LogP contribution in [-0.2, 0) is 6.42 Å². The molecule has 1 saturated carbocycles. The number of hydrogen-bond acceptors (Lipinski definition) is 2. The zero-order valence-corrected chi connectivity index (χ0v) is 11.5. The third-order valence-corrected chi connectivity index (χ3v) is 4.19. The molecule has 2 nitrogen and oxygen atoms in total. The Morgan fingerprint density at radius 3 is 2.58 bits per heavy atom. The van der Waals surface area contributed by atoms with Crippen LogP contribution in [0.4, 0.5) is 4.39 Å². The molecule has 0 N–H and O–H groups in total. The molecule has 1 aliphatic rings. The van der Waals surface area contributed by atoms with Crippen LogP contribution in [0.1, 0.15) is 31.2 Å². The van der Waals surface area contributed by atoms with Crippen LogP contribution in [0.5, 0.6) is 0 Å². The fourth-order valence-electron chi connectivity index (χ4n) is 2.83. The van der Waals surface area contributed by atoms with Crippen molar-refractivity contribution in [3.05, 3.63) is 35.6 Å². The maximum atomic E-state index is 13.5. The average molecular weight is 260 g/mol. The topological polar surface area (TPSA) is 27.0 Å². The molecule has 0 aliphatic heterocycles. The summed E-state index contributed by atoms with van der Waals surface area (Å²) >= 11 is 0. The van der Waals surface area contributed by atoms with E-state index in [1.54, 1.807) is 6.07 Å². The maximum Gasteiger partial charge on any atom is 0.126 e. The molecule has 0 saturated heterocycles. The minimum Gasteiger partial charge on any atom is -0.303 e. The van der Waals surface area contributed by atoms with Crippen LogP contribution in [-0.4, -0.2) is 24.5 Å². The standard InChI is InChI=1S/C16H21FN2/c1-19(15-8-6-13(12-18)7-9-15)11-10-14-4-2-3-5-16(14)17/h2-5,13,15H,6-11H2,1H3. The minimum absolute atomic E-state index is 0.107. The van der Waals surface area contributed by atoms with Gasteiger partial charge in [-0.05, 0) is 50.8 Å². The van der Waals surface area contributed by atoms with Gasteiger partial charge in [0.25, 0.3) is 0 Å². The predicted molar refractivity (Wildman–Crippen MR) is 74.1 cm³/mol. The summed E-state index contributed by atoms with van der Waals surface area (Å²) in [6, 6.07) is 9.90. The zero-order valence-electron chi connectivity index (χ0n) is 11.5. The number of hydrogen-bond donors (Lipinski definition) is 0. The van der Waals surface area contributed by atoms with E-state index in [1.807, 2.05) is 12.1 Å². The molecule has 19 heavy (non-hydrogen) atoms. The average Bonchev–Trinajstić information content (AvgIpc) is 2.46. The Morgan fingerprint density at radius 1 is 1.26 bits per heavy atom. The van der Waals surface area contributed by atoms with Gasteiger partial charge in [-0.15, -0.1) is 0 Å². The molecule has 102 valence electrons. The molecule has 1 aromatic carbocycles. The van der Waals surface area contributed by atoms with Gasteiger partial charge in [-0.3, -0.25) is 0 Å². The lowest BCUT2D eigenvalue weighted by Crippen LogP contribution is -2.36. The number of benzene rings is 1. The first-order chi connectivity index (χ1) is 9.20. The molecule has 0 atom stereocenters. The number of likely N-dealkylation sites (N-methyl/N-ethyl adjacent to an activating group) is 1. The van der Waals surface area contributed by atoms with Crippen LogP contribution < -0.4 is 0 Å². The van der Waals surface area contributed by atoms with Gasteiger partial charge >= 0.3 is 0 Å². The van der Waals surface area contributed by atoms with Crippen molar-refractivity contribution in [1.29, 1.82) is 5.26 Å². The minimum atomic E-state index is -0.107. The molecule has 3 heteroatoms. The van der Waals surface area contributed by atoms with Crippen molar-refractivity contribution < 1.29 is 4.39 Å². The monoisotopic (exact) mass is 260 g/mol. The Bertz CT molecular complexity index is 444. The van der Waals surface area contributed by atoms with E-state index in [-0.39, 0.29) is 11.7 Å². The Morgan fingerprint density at radius 2 is 1.95 bits per heavy atom. The van der Waals surface area contributed by atoms with Gasteiger partial charge < -0.3 is 4.90 Å². The molecule has 0 aromatic heterocycles. The van der Waals surface area contributed by atoms with Gasteiger partial charge in [0.15, 0.2) is 0 Å². The van der Waals surface area contributed by atoms with E-state index >= 15 is 0 Å². The first kappa shape index (κ1) is 14.0. The van der Waals surface area contributed by atoms with Gasteiger partial charge in [-0.25, -0.2) is 4.39 Å². The molecule has 1 fully saturated rings. The van der Waals surface area contributed by atoms with Crippen molar-refractivity contribution in [2.45, 2.75) is 38.1 Å². The van der Waals surface area contributed by atoms with Gasteiger partial charge in [-0.1, -0.05) is 18.2 Å². The summed E-state index contributed by atoms with van der Waals surface area (Å²) < 4.78 is 13.5. The molecular weight excluding hydrogens is 239 g/mol. The highest BCUT2D eigenvalue weighted by Gasteiger charge is 2.23. The predicted octanol–water partition coefficient (Wildman–Crippen LogP) is 3.38. The van der Waals surface area contributed by atoms with Crippen molar-refractivity contribution in [3.63, 3.8) is 0 Å². The van der Waals surface area contributed by atoms with Crippen LogP contribution >= 0.6 is 0 Å².